The number of rotatable bonds is 9. The molecule has 0 radical (unpaired) electrons. The number of esters is 1. The Labute approximate surface area is 144 Å². The molecule has 2 aromatic rings. The van der Waals surface area contributed by atoms with Gasteiger partial charge in [-0.2, -0.15) is 0 Å². The number of methoxy groups -OCH3 is 1. The van der Waals surface area contributed by atoms with E-state index in [0.717, 1.165) is 25.1 Å². The first-order valence-corrected chi connectivity index (χ1v) is 8.24. The summed E-state index contributed by atoms with van der Waals surface area (Å²) in [7, 11) is 3.48. The molecule has 4 nitrogen and oxygen atoms in total. The molecule has 128 valence electrons. The summed E-state index contributed by atoms with van der Waals surface area (Å²) >= 11 is 0. The second kappa shape index (κ2) is 9.60. The highest BCUT2D eigenvalue weighted by Gasteiger charge is 2.02. The van der Waals surface area contributed by atoms with Crippen LogP contribution in [0.4, 0.5) is 5.69 Å². The molecule has 2 rings (SSSR count). The van der Waals surface area contributed by atoms with Crippen molar-refractivity contribution < 1.29 is 14.3 Å². The maximum Gasteiger partial charge on any atom is 0.305 e. The number of hydrogen-bond donors (Lipinski definition) is 0. The topological polar surface area (TPSA) is 38.8 Å². The number of nitrogens with zero attached hydrogens (tertiary/aromatic N) is 1. The third kappa shape index (κ3) is 5.95. The third-order valence-corrected chi connectivity index (χ3v) is 3.89. The van der Waals surface area contributed by atoms with Crippen molar-refractivity contribution >= 4 is 11.7 Å². The zero-order valence-electron chi connectivity index (χ0n) is 14.4. The lowest BCUT2D eigenvalue weighted by atomic mass is 10.1. The minimum atomic E-state index is -0.155. The summed E-state index contributed by atoms with van der Waals surface area (Å²) in [6, 6.07) is 18.3. The molecule has 0 amide bonds. The molecule has 0 bridgehead atoms. The zero-order chi connectivity index (χ0) is 17.2. The van der Waals surface area contributed by atoms with Crippen LogP contribution in [-0.4, -0.2) is 33.3 Å². The smallest absolute Gasteiger partial charge is 0.305 e. The average molecular weight is 327 g/mol. The van der Waals surface area contributed by atoms with E-state index in [1.165, 1.54) is 18.4 Å². The molecule has 0 heterocycles. The quantitative estimate of drug-likeness (QED) is 0.658. The van der Waals surface area contributed by atoms with E-state index in [9.17, 15) is 4.79 Å². The van der Waals surface area contributed by atoms with Crippen LogP contribution in [0.1, 0.15) is 18.4 Å². The number of likely N-dealkylation sites (N-methyl/N-ethyl adjacent to an activating group) is 1. The summed E-state index contributed by atoms with van der Waals surface area (Å²) in [6.07, 6.45) is 2.13. The van der Waals surface area contributed by atoms with E-state index >= 15 is 0 Å². The van der Waals surface area contributed by atoms with Gasteiger partial charge in [-0.3, -0.25) is 4.79 Å². The molecule has 0 aromatic heterocycles. The number of benzene rings is 2. The fourth-order valence-electron chi connectivity index (χ4n) is 2.40. The predicted molar refractivity (Wildman–Crippen MR) is 96.6 cm³/mol. The number of carbonyl (C=O) groups is 1. The summed E-state index contributed by atoms with van der Waals surface area (Å²) in [6.45, 7) is 1.46. The molecule has 0 aliphatic carbocycles. The van der Waals surface area contributed by atoms with Crippen LogP contribution in [0.5, 0.6) is 5.75 Å². The molecule has 2 aromatic carbocycles. The van der Waals surface area contributed by atoms with Gasteiger partial charge in [-0.25, -0.2) is 0 Å². The van der Waals surface area contributed by atoms with Crippen LogP contribution >= 0.6 is 0 Å². The molecule has 0 atom stereocenters. The van der Waals surface area contributed by atoms with Crippen LogP contribution in [0.15, 0.2) is 54.6 Å². The van der Waals surface area contributed by atoms with Crippen molar-refractivity contribution in [2.45, 2.75) is 19.3 Å². The monoisotopic (exact) mass is 327 g/mol. The van der Waals surface area contributed by atoms with Crippen LogP contribution < -0.4 is 9.64 Å². The normalized spacial score (nSPS) is 10.2. The van der Waals surface area contributed by atoms with Gasteiger partial charge in [-0.15, -0.1) is 0 Å². The first-order valence-electron chi connectivity index (χ1n) is 8.24. The number of hydrogen-bond acceptors (Lipinski definition) is 4. The molecule has 4 heteroatoms. The highest BCUT2D eigenvalue weighted by atomic mass is 16.5. The van der Waals surface area contributed by atoms with Gasteiger partial charge < -0.3 is 14.4 Å². The largest absolute Gasteiger partial charge is 0.492 e. The van der Waals surface area contributed by atoms with Crippen molar-refractivity contribution in [1.29, 1.82) is 0 Å². The maximum atomic E-state index is 11.1. The summed E-state index contributed by atoms with van der Waals surface area (Å²) in [5.41, 5.74) is 2.38. The Balaban J connectivity index is 1.71. The zero-order valence-corrected chi connectivity index (χ0v) is 14.4. The standard InChI is InChI=1S/C20H25NO3/c1-21(18-8-4-3-5-9-18)15-16-24-19-13-11-17(12-14-19)7-6-10-20(22)23-2/h3-5,8-9,11-14H,6-7,10,15-16H2,1-2H3. The Morgan fingerprint density at radius 3 is 2.42 bits per heavy atom. The Hall–Kier alpha value is -2.49. The molecule has 0 spiro atoms. The van der Waals surface area contributed by atoms with Gasteiger partial charge in [0.05, 0.1) is 13.7 Å². The van der Waals surface area contributed by atoms with Gasteiger partial charge in [0.2, 0.25) is 0 Å². The van der Waals surface area contributed by atoms with Crippen LogP contribution in [0.25, 0.3) is 0 Å². The number of carbonyl (C=O) groups excluding carboxylic acids is 1. The second-order valence-corrected chi connectivity index (χ2v) is 5.68. The second-order valence-electron chi connectivity index (χ2n) is 5.68. The lowest BCUT2D eigenvalue weighted by molar-refractivity contribution is -0.140. The SMILES string of the molecule is COC(=O)CCCc1ccc(OCCN(C)c2ccccc2)cc1. The maximum absolute atomic E-state index is 11.1. The molecule has 0 aliphatic rings. The van der Waals surface area contributed by atoms with Crippen molar-refractivity contribution in [3.8, 4) is 5.75 Å². The van der Waals surface area contributed by atoms with Crippen LogP contribution in [0, 0.1) is 0 Å². The van der Waals surface area contributed by atoms with Gasteiger partial charge in [0.15, 0.2) is 0 Å². The van der Waals surface area contributed by atoms with Gasteiger partial charge in [-0.05, 0) is 42.7 Å². The molecule has 0 saturated heterocycles. The molecular weight excluding hydrogens is 302 g/mol. The summed E-state index contributed by atoms with van der Waals surface area (Å²) in [5, 5.41) is 0. The average Bonchev–Trinajstić information content (AvgIpc) is 2.63. The predicted octanol–water partition coefficient (Wildman–Crippen LogP) is 3.70. The van der Waals surface area contributed by atoms with Crippen LogP contribution in [0.2, 0.25) is 0 Å². The molecule has 0 unspecified atom stereocenters. The number of anilines is 1. The fourth-order valence-corrected chi connectivity index (χ4v) is 2.40. The Kier molecular flexibility index (Phi) is 7.15. The first kappa shape index (κ1) is 17.9. The molecule has 0 saturated carbocycles. The molecule has 0 aliphatic heterocycles. The number of aryl methyl sites for hydroxylation is 1. The van der Waals surface area contributed by atoms with Gasteiger partial charge in [0.1, 0.15) is 12.4 Å². The van der Waals surface area contributed by atoms with E-state index in [1.807, 2.05) is 42.5 Å². The van der Waals surface area contributed by atoms with E-state index < -0.39 is 0 Å². The molecule has 0 fully saturated rings. The highest BCUT2D eigenvalue weighted by molar-refractivity contribution is 5.69. The highest BCUT2D eigenvalue weighted by Crippen LogP contribution is 2.15. The Bertz CT molecular complexity index is 611. The van der Waals surface area contributed by atoms with Crippen LogP contribution in [-0.2, 0) is 16.0 Å². The van der Waals surface area contributed by atoms with Crippen molar-refractivity contribution in [3.63, 3.8) is 0 Å². The molecule has 0 N–H and O–H groups in total. The van der Waals surface area contributed by atoms with Crippen molar-refractivity contribution in [3.05, 3.63) is 60.2 Å². The fraction of sp³-hybridized carbons (Fsp3) is 0.350. The summed E-state index contributed by atoms with van der Waals surface area (Å²) in [4.78, 5) is 13.3. The van der Waals surface area contributed by atoms with E-state index in [4.69, 9.17) is 4.74 Å². The van der Waals surface area contributed by atoms with Crippen molar-refractivity contribution in [2.24, 2.45) is 0 Å². The number of ether oxygens (including phenoxy) is 2. The van der Waals surface area contributed by atoms with E-state index in [2.05, 4.69) is 28.8 Å². The third-order valence-electron chi connectivity index (χ3n) is 3.89. The van der Waals surface area contributed by atoms with Gasteiger partial charge in [-0.1, -0.05) is 30.3 Å². The van der Waals surface area contributed by atoms with Crippen molar-refractivity contribution in [2.75, 3.05) is 32.2 Å². The first-order chi connectivity index (χ1) is 11.7. The minimum Gasteiger partial charge on any atom is -0.492 e. The number of para-hydroxylation sites is 1. The lowest BCUT2D eigenvalue weighted by Crippen LogP contribution is -2.23. The van der Waals surface area contributed by atoms with Gasteiger partial charge in [0, 0.05) is 19.2 Å². The van der Waals surface area contributed by atoms with E-state index in [1.54, 1.807) is 0 Å². The van der Waals surface area contributed by atoms with Crippen molar-refractivity contribution in [1.82, 2.24) is 0 Å². The summed E-state index contributed by atoms with van der Waals surface area (Å²) in [5.74, 6) is 0.714. The van der Waals surface area contributed by atoms with E-state index in [-0.39, 0.29) is 5.97 Å². The Morgan fingerprint density at radius 2 is 1.75 bits per heavy atom. The molecule has 24 heavy (non-hydrogen) atoms. The van der Waals surface area contributed by atoms with E-state index in [0.29, 0.717) is 13.0 Å². The molecular formula is C20H25NO3. The van der Waals surface area contributed by atoms with Gasteiger partial charge >= 0.3 is 5.97 Å². The van der Waals surface area contributed by atoms with Crippen LogP contribution in [0.3, 0.4) is 0 Å². The lowest BCUT2D eigenvalue weighted by Gasteiger charge is -2.19. The Morgan fingerprint density at radius 1 is 1.04 bits per heavy atom. The van der Waals surface area contributed by atoms with Gasteiger partial charge in [0.25, 0.3) is 0 Å². The summed E-state index contributed by atoms with van der Waals surface area (Å²) < 4.78 is 10.4. The minimum absolute atomic E-state index is 0.155.